The number of allylic oxidation sites excluding steroid dienone is 1. The quantitative estimate of drug-likeness (QED) is 0.487. The first-order chi connectivity index (χ1) is 16.3. The predicted octanol–water partition coefficient (Wildman–Crippen LogP) is 4.09. The summed E-state index contributed by atoms with van der Waals surface area (Å²) in [4.78, 5) is 36.4. The summed E-state index contributed by atoms with van der Waals surface area (Å²) in [5, 5.41) is 14.5. The summed E-state index contributed by atoms with van der Waals surface area (Å²) < 4.78 is 5.59. The number of carbonyl (C=O) groups is 3. The molecule has 2 aliphatic rings. The van der Waals surface area contributed by atoms with Gasteiger partial charge in [-0.2, -0.15) is 0 Å². The van der Waals surface area contributed by atoms with Crippen LogP contribution in [0, 0.1) is 11.8 Å². The van der Waals surface area contributed by atoms with Crippen LogP contribution in [0.1, 0.15) is 43.7 Å². The molecule has 4 rings (SSSR count). The molecule has 2 aliphatic carbocycles. The lowest BCUT2D eigenvalue weighted by molar-refractivity contribution is -0.139. The van der Waals surface area contributed by atoms with Crippen molar-refractivity contribution in [3.8, 4) is 11.1 Å². The van der Waals surface area contributed by atoms with Gasteiger partial charge >= 0.3 is 12.1 Å². The highest BCUT2D eigenvalue weighted by atomic mass is 16.5. The minimum Gasteiger partial charge on any atom is -0.481 e. The van der Waals surface area contributed by atoms with Gasteiger partial charge in [0, 0.05) is 12.5 Å². The van der Waals surface area contributed by atoms with Gasteiger partial charge in [-0.1, -0.05) is 60.2 Å². The molecule has 34 heavy (non-hydrogen) atoms. The molecule has 0 heterocycles. The van der Waals surface area contributed by atoms with E-state index < -0.39 is 24.0 Å². The van der Waals surface area contributed by atoms with Crippen molar-refractivity contribution in [2.75, 3.05) is 13.2 Å². The number of amides is 2. The van der Waals surface area contributed by atoms with Crippen molar-refractivity contribution in [3.63, 3.8) is 0 Å². The number of carbonyl (C=O) groups excluding carboxylic acids is 2. The number of carboxylic acids is 1. The monoisotopic (exact) mass is 462 g/mol. The molecule has 0 radical (unpaired) electrons. The van der Waals surface area contributed by atoms with Crippen molar-refractivity contribution in [2.45, 2.75) is 38.6 Å². The smallest absolute Gasteiger partial charge is 0.407 e. The standard InChI is InChI=1S/C27H30N2O5/c1-16(2)11-12-24(25(30)28-14-17-13-22(17)26(31)32)29-27(33)34-15-23-20-9-5-3-7-18(20)19-8-4-6-10-21(19)23/h3-11,17,22-24H,12-15H2,1-2H3,(H,28,30)(H,29,33)(H,31,32). The lowest BCUT2D eigenvalue weighted by Gasteiger charge is -2.19. The molecule has 7 heteroatoms. The van der Waals surface area contributed by atoms with Gasteiger partial charge in [0.05, 0.1) is 5.92 Å². The number of aliphatic carboxylic acids is 1. The topological polar surface area (TPSA) is 105 Å². The Labute approximate surface area is 199 Å². The summed E-state index contributed by atoms with van der Waals surface area (Å²) in [7, 11) is 0. The van der Waals surface area contributed by atoms with Crippen molar-refractivity contribution < 1.29 is 24.2 Å². The molecule has 1 saturated carbocycles. The third-order valence-electron chi connectivity index (χ3n) is 6.49. The Balaban J connectivity index is 1.37. The lowest BCUT2D eigenvalue weighted by atomic mass is 9.98. The largest absolute Gasteiger partial charge is 0.481 e. The molecule has 0 spiro atoms. The summed E-state index contributed by atoms with van der Waals surface area (Å²) in [5.74, 6) is -1.70. The van der Waals surface area contributed by atoms with E-state index in [1.165, 1.54) is 0 Å². The zero-order valence-electron chi connectivity index (χ0n) is 19.4. The lowest BCUT2D eigenvalue weighted by Crippen LogP contribution is -2.47. The maximum absolute atomic E-state index is 12.7. The van der Waals surface area contributed by atoms with Crippen molar-refractivity contribution in [2.24, 2.45) is 11.8 Å². The highest BCUT2D eigenvalue weighted by Gasteiger charge is 2.43. The highest BCUT2D eigenvalue weighted by molar-refractivity contribution is 5.86. The Morgan fingerprint density at radius 2 is 1.68 bits per heavy atom. The molecular weight excluding hydrogens is 432 g/mol. The molecule has 178 valence electrons. The normalized spacial score (nSPS) is 18.8. The summed E-state index contributed by atoms with van der Waals surface area (Å²) in [5.41, 5.74) is 5.56. The van der Waals surface area contributed by atoms with Crippen LogP contribution < -0.4 is 10.6 Å². The van der Waals surface area contributed by atoms with Crippen molar-refractivity contribution in [3.05, 3.63) is 71.3 Å². The van der Waals surface area contributed by atoms with E-state index in [2.05, 4.69) is 34.9 Å². The summed E-state index contributed by atoms with van der Waals surface area (Å²) in [6.45, 7) is 4.29. The number of nitrogens with one attached hydrogen (secondary N) is 2. The van der Waals surface area contributed by atoms with Gasteiger partial charge in [-0.25, -0.2) is 4.79 Å². The van der Waals surface area contributed by atoms with E-state index in [0.29, 0.717) is 12.8 Å². The van der Waals surface area contributed by atoms with Gasteiger partial charge in [0.1, 0.15) is 12.6 Å². The van der Waals surface area contributed by atoms with Gasteiger partial charge in [-0.05, 0) is 54.9 Å². The van der Waals surface area contributed by atoms with Crippen LogP contribution in [0.15, 0.2) is 60.2 Å². The molecule has 1 fully saturated rings. The molecular formula is C27H30N2O5. The van der Waals surface area contributed by atoms with Crippen LogP contribution in [-0.4, -0.2) is 42.3 Å². The molecule has 0 saturated heterocycles. The van der Waals surface area contributed by atoms with Gasteiger partial charge in [0.25, 0.3) is 0 Å². The minimum atomic E-state index is -0.836. The van der Waals surface area contributed by atoms with Gasteiger partial charge < -0.3 is 20.5 Å². The Kier molecular flexibility index (Phi) is 7.01. The van der Waals surface area contributed by atoms with Crippen molar-refractivity contribution in [1.29, 1.82) is 0 Å². The molecule has 2 aromatic rings. The van der Waals surface area contributed by atoms with E-state index >= 15 is 0 Å². The Morgan fingerprint density at radius 1 is 1.06 bits per heavy atom. The van der Waals surface area contributed by atoms with E-state index in [9.17, 15) is 14.4 Å². The first-order valence-corrected chi connectivity index (χ1v) is 11.6. The van der Waals surface area contributed by atoms with Crippen LogP contribution in [0.3, 0.4) is 0 Å². The van der Waals surface area contributed by atoms with Crippen LogP contribution in [0.5, 0.6) is 0 Å². The van der Waals surface area contributed by atoms with E-state index in [0.717, 1.165) is 27.8 Å². The number of carboxylic acid groups (broad SMARTS) is 1. The summed E-state index contributed by atoms with van der Waals surface area (Å²) in [6, 6.07) is 15.4. The van der Waals surface area contributed by atoms with Crippen molar-refractivity contribution >= 4 is 18.0 Å². The SMILES string of the molecule is CC(C)=CCC(NC(=O)OCC1c2ccccc2-c2ccccc21)C(=O)NCC1CC1C(=O)O. The second kappa shape index (κ2) is 10.1. The predicted molar refractivity (Wildman–Crippen MR) is 128 cm³/mol. The minimum absolute atomic E-state index is 0.0555. The first kappa shape index (κ1) is 23.5. The van der Waals surface area contributed by atoms with Crippen LogP contribution in [-0.2, 0) is 14.3 Å². The average Bonchev–Trinajstić information content (AvgIpc) is 3.54. The molecule has 3 N–H and O–H groups in total. The van der Waals surface area contributed by atoms with E-state index in [-0.39, 0.29) is 30.9 Å². The van der Waals surface area contributed by atoms with E-state index in [4.69, 9.17) is 9.84 Å². The number of alkyl carbamates (subject to hydrolysis) is 1. The number of fused-ring (bicyclic) bond motifs is 3. The zero-order valence-corrected chi connectivity index (χ0v) is 19.4. The third kappa shape index (κ3) is 5.30. The Hall–Kier alpha value is -3.61. The fourth-order valence-electron chi connectivity index (χ4n) is 4.50. The molecule has 0 aromatic heterocycles. The third-order valence-corrected chi connectivity index (χ3v) is 6.49. The number of hydrogen-bond donors (Lipinski definition) is 3. The van der Waals surface area contributed by atoms with Crippen LogP contribution in [0.4, 0.5) is 4.79 Å². The maximum Gasteiger partial charge on any atom is 0.407 e. The molecule has 2 aromatic carbocycles. The molecule has 3 atom stereocenters. The highest BCUT2D eigenvalue weighted by Crippen LogP contribution is 2.44. The van der Waals surface area contributed by atoms with Crippen LogP contribution in [0.25, 0.3) is 11.1 Å². The van der Waals surface area contributed by atoms with Crippen LogP contribution in [0.2, 0.25) is 0 Å². The molecule has 0 aliphatic heterocycles. The number of hydrogen-bond acceptors (Lipinski definition) is 4. The molecule has 3 unspecified atom stereocenters. The molecule has 0 bridgehead atoms. The fraction of sp³-hybridized carbons (Fsp3) is 0.370. The van der Waals surface area contributed by atoms with Crippen molar-refractivity contribution in [1.82, 2.24) is 10.6 Å². The van der Waals surface area contributed by atoms with Gasteiger partial charge in [0.2, 0.25) is 5.91 Å². The summed E-state index contributed by atoms with van der Waals surface area (Å²) >= 11 is 0. The summed E-state index contributed by atoms with van der Waals surface area (Å²) in [6.07, 6.45) is 2.11. The Bertz CT molecular complexity index is 1080. The second-order valence-corrected chi connectivity index (χ2v) is 9.23. The number of ether oxygens (including phenoxy) is 1. The maximum atomic E-state index is 12.7. The van der Waals surface area contributed by atoms with Gasteiger partial charge in [-0.3, -0.25) is 9.59 Å². The van der Waals surface area contributed by atoms with Gasteiger partial charge in [-0.15, -0.1) is 0 Å². The molecule has 7 nitrogen and oxygen atoms in total. The van der Waals surface area contributed by atoms with E-state index in [1.54, 1.807) is 0 Å². The second-order valence-electron chi connectivity index (χ2n) is 9.23. The fourth-order valence-corrected chi connectivity index (χ4v) is 4.50. The Morgan fingerprint density at radius 3 is 2.24 bits per heavy atom. The van der Waals surface area contributed by atoms with Gasteiger partial charge in [0.15, 0.2) is 0 Å². The number of benzene rings is 2. The number of rotatable bonds is 9. The molecule has 2 amide bonds. The average molecular weight is 463 g/mol. The first-order valence-electron chi connectivity index (χ1n) is 11.6. The van der Waals surface area contributed by atoms with Crippen LogP contribution >= 0.6 is 0 Å². The van der Waals surface area contributed by atoms with E-state index in [1.807, 2.05) is 44.2 Å². The zero-order chi connectivity index (χ0) is 24.2.